The average Bonchev–Trinajstić information content (AvgIpc) is 0.852. The number of carboxylic acids is 1. The van der Waals surface area contributed by atoms with Crippen molar-refractivity contribution in [1.82, 2.24) is 19.1 Å². The van der Waals surface area contributed by atoms with E-state index in [-0.39, 0.29) is 28.9 Å². The summed E-state index contributed by atoms with van der Waals surface area (Å²) < 4.78 is 35.6. The summed E-state index contributed by atoms with van der Waals surface area (Å²) >= 11 is 0. The number of anilines is 3. The van der Waals surface area contributed by atoms with Crippen LogP contribution in [0.1, 0.15) is 63.1 Å². The second-order valence-electron chi connectivity index (χ2n) is 23.7. The maximum atomic E-state index is 13.7. The van der Waals surface area contributed by atoms with Gasteiger partial charge in [-0.05, 0) is 151 Å². The van der Waals surface area contributed by atoms with E-state index in [0.717, 1.165) is 98.0 Å². The molecule has 0 amide bonds. The Kier molecular flexibility index (Phi) is 22.0. The van der Waals surface area contributed by atoms with Gasteiger partial charge in [0.25, 0.3) is 11.1 Å². The lowest BCUT2D eigenvalue weighted by Gasteiger charge is -2.23. The van der Waals surface area contributed by atoms with Gasteiger partial charge in [0, 0.05) is 115 Å². The van der Waals surface area contributed by atoms with Crippen molar-refractivity contribution in [2.45, 2.75) is 59.0 Å². The van der Waals surface area contributed by atoms with Gasteiger partial charge in [-0.3, -0.25) is 14.4 Å². The molecule has 4 aromatic heterocycles. The molecule has 0 aliphatic carbocycles. The molecule has 0 saturated carbocycles. The Labute approximate surface area is 552 Å². The Morgan fingerprint density at radius 3 is 1.24 bits per heavy atom. The number of aromatic nitrogens is 4. The number of nitrogens with two attached hydrogens (primary N) is 3. The number of ketones is 1. The van der Waals surface area contributed by atoms with Crippen LogP contribution < -0.4 is 47.3 Å². The summed E-state index contributed by atoms with van der Waals surface area (Å²) in [4.78, 5) is 60.4. The van der Waals surface area contributed by atoms with Gasteiger partial charge in [0.05, 0.1) is 34.0 Å². The van der Waals surface area contributed by atoms with Crippen molar-refractivity contribution in [1.29, 1.82) is 0 Å². The molecule has 6 aromatic carbocycles. The number of aryl methyl sites for hydroxylation is 2. The van der Waals surface area contributed by atoms with E-state index >= 15 is 0 Å². The number of carbonyl (C=O) groups is 2. The van der Waals surface area contributed by atoms with Crippen molar-refractivity contribution in [2.75, 3.05) is 72.1 Å². The van der Waals surface area contributed by atoms with Crippen LogP contribution in [0.25, 0.3) is 66.8 Å². The highest BCUT2D eigenvalue weighted by atomic mass is 16.5. The smallest absolute Gasteiger partial charge is 0.337 e. The van der Waals surface area contributed by atoms with Gasteiger partial charge >= 0.3 is 5.97 Å². The Bertz CT molecular complexity index is 4440. The molecular formula is C77H79N7O11. The van der Waals surface area contributed by atoms with Gasteiger partial charge < -0.3 is 59.9 Å². The van der Waals surface area contributed by atoms with E-state index in [1.165, 1.54) is 12.3 Å². The number of carboxylic acid groups (broad SMARTS) is 1. The summed E-state index contributed by atoms with van der Waals surface area (Å²) in [7, 11) is 6.44. The van der Waals surface area contributed by atoms with Crippen molar-refractivity contribution < 1.29 is 43.1 Å². The van der Waals surface area contributed by atoms with E-state index in [4.69, 9.17) is 45.6 Å². The van der Waals surface area contributed by atoms with Gasteiger partial charge in [0.1, 0.15) is 11.6 Å². The monoisotopic (exact) mass is 1280 g/mol. The van der Waals surface area contributed by atoms with Crippen molar-refractivity contribution in [2.24, 2.45) is 11.8 Å². The fraction of sp³-hybridized carbons (Fsp3) is 0.247. The highest BCUT2D eigenvalue weighted by Crippen LogP contribution is 2.37. The van der Waals surface area contributed by atoms with Crippen molar-refractivity contribution in [3.8, 4) is 89.8 Å². The molecular weight excluding hydrogens is 1200 g/mol. The Morgan fingerprint density at radius 2 is 0.832 bits per heavy atom. The summed E-state index contributed by atoms with van der Waals surface area (Å²) in [6.07, 6.45) is 10.4. The van der Waals surface area contributed by atoms with E-state index < -0.39 is 5.97 Å². The molecule has 7 N–H and O–H groups in total. The first-order valence-corrected chi connectivity index (χ1v) is 31.5. The molecule has 18 heteroatoms. The summed E-state index contributed by atoms with van der Waals surface area (Å²) in [6.45, 7) is 7.87. The zero-order valence-corrected chi connectivity index (χ0v) is 54.3. The standard InChI is InChI=1S/C39H39N3O5.C19H19N3O2.C19H21NO4/c1-25-4-8-29(9-5-25)34-20-32(24-42(39(34)44)23-27-14-16-47-17-15-27)35(43)18-26-6-10-28(11-7-26)33-19-31(22-41-38(33)40)30-12-13-36(45-2)37(21-30)46-3;1-23-17-8-5-13(10-18(17)24-2)14-9-16(19(21)22-11-14)12-3-6-15(20)7-4-12;1-13-2-4-15(5-3-13)17-10-16(19(22)23)12-20(18(17)21)11-14-6-8-24-9-7-14/h4-13,19-22,24,27H,14-18,23H2,1-3H3,(H2,40,41);3-11H,20H2,1-2H3,(H2,21,22);2-5,10,12,14H,6-9,11H2,1H3,(H,22,23). The molecule has 2 aliphatic rings. The zero-order chi connectivity index (χ0) is 67.1. The SMILES string of the molecule is COc1ccc(-c2cnc(N)c(-c3ccc(CC(=O)c4cc(-c5ccc(C)cc5)c(=O)n(CC5CCOCC5)c4)cc3)c2)cc1OC.COc1ccc(-c2cnc(N)c(-c3ccc(N)cc3)c2)cc1OC.Cc1ccc(-c2cc(C(=O)O)cn(CC3CCOCC3)c2=O)cc1. The largest absolute Gasteiger partial charge is 0.493 e. The average molecular weight is 1280 g/mol. The summed E-state index contributed by atoms with van der Waals surface area (Å²) in [5.41, 5.74) is 32.1. The minimum Gasteiger partial charge on any atom is -0.493 e. The maximum Gasteiger partial charge on any atom is 0.337 e. The molecule has 0 bridgehead atoms. The Balaban J connectivity index is 0.000000172. The summed E-state index contributed by atoms with van der Waals surface area (Å²) in [5, 5.41) is 9.39. The minimum atomic E-state index is -1.02. The Hall–Kier alpha value is -10.8. The number of ether oxygens (including phenoxy) is 6. The topological polar surface area (TPSA) is 258 Å². The molecule has 12 rings (SSSR count). The highest BCUT2D eigenvalue weighted by Gasteiger charge is 2.22. The number of aromatic carboxylic acids is 1. The van der Waals surface area contributed by atoms with Crippen LogP contribution in [-0.2, 0) is 29.0 Å². The third kappa shape index (κ3) is 16.7. The van der Waals surface area contributed by atoms with Gasteiger partial charge in [-0.15, -0.1) is 0 Å². The molecule has 0 radical (unpaired) electrons. The number of nitrogens with zero attached hydrogens (tertiary/aromatic N) is 4. The molecule has 0 unspecified atom stereocenters. The number of carbonyl (C=O) groups excluding carboxylic acids is 1. The van der Waals surface area contributed by atoms with Crippen LogP contribution in [0.2, 0.25) is 0 Å². The lowest BCUT2D eigenvalue weighted by atomic mass is 9.96. The predicted molar refractivity (Wildman–Crippen MR) is 373 cm³/mol. The Morgan fingerprint density at radius 1 is 0.463 bits per heavy atom. The van der Waals surface area contributed by atoms with E-state index in [9.17, 15) is 24.3 Å². The van der Waals surface area contributed by atoms with Gasteiger partial charge in [0.2, 0.25) is 0 Å². The fourth-order valence-electron chi connectivity index (χ4n) is 11.6. The maximum absolute atomic E-state index is 13.7. The molecule has 18 nitrogen and oxygen atoms in total. The van der Waals surface area contributed by atoms with Gasteiger partial charge in [0.15, 0.2) is 28.8 Å². The number of Topliss-reactive ketones (excluding diaryl/α,β-unsaturated/α-hetero) is 1. The quantitative estimate of drug-likeness (QED) is 0.0460. The molecule has 2 aliphatic heterocycles. The molecule has 488 valence electrons. The first kappa shape index (κ1) is 67.1. The number of benzene rings is 6. The van der Waals surface area contributed by atoms with Crippen molar-refractivity contribution in [3.63, 3.8) is 0 Å². The predicted octanol–water partition coefficient (Wildman–Crippen LogP) is 13.5. The minimum absolute atomic E-state index is 0.0523. The van der Waals surface area contributed by atoms with Gasteiger partial charge in [-0.25, -0.2) is 14.8 Å². The summed E-state index contributed by atoms with van der Waals surface area (Å²) in [6, 6.07) is 49.4. The van der Waals surface area contributed by atoms with Crippen LogP contribution in [-0.4, -0.2) is 90.8 Å². The van der Waals surface area contributed by atoms with E-state index in [1.54, 1.807) is 62.2 Å². The molecule has 6 heterocycles. The first-order chi connectivity index (χ1) is 46.0. The van der Waals surface area contributed by atoms with Crippen molar-refractivity contribution >= 4 is 29.1 Å². The molecule has 2 fully saturated rings. The van der Waals surface area contributed by atoms with Crippen LogP contribution in [0.4, 0.5) is 17.3 Å². The van der Waals surface area contributed by atoms with Crippen LogP contribution in [0.15, 0.2) is 192 Å². The fourth-order valence-corrected chi connectivity index (χ4v) is 11.6. The third-order valence-corrected chi connectivity index (χ3v) is 17.2. The molecule has 0 spiro atoms. The lowest BCUT2D eigenvalue weighted by molar-refractivity contribution is 0.0606. The van der Waals surface area contributed by atoms with E-state index in [1.807, 2.05) is 159 Å². The number of methoxy groups -OCH3 is 4. The molecule has 2 saturated heterocycles. The molecule has 95 heavy (non-hydrogen) atoms. The second-order valence-corrected chi connectivity index (χ2v) is 23.7. The number of rotatable bonds is 18. The molecule has 10 aromatic rings. The highest BCUT2D eigenvalue weighted by molar-refractivity contribution is 5.98. The van der Waals surface area contributed by atoms with Crippen LogP contribution in [0.3, 0.4) is 0 Å². The van der Waals surface area contributed by atoms with Crippen LogP contribution >= 0.6 is 0 Å². The third-order valence-electron chi connectivity index (χ3n) is 17.2. The molecule has 0 atom stereocenters. The zero-order valence-electron chi connectivity index (χ0n) is 54.3. The summed E-state index contributed by atoms with van der Waals surface area (Å²) in [5.74, 6) is 3.11. The number of hydrogen-bond acceptors (Lipinski definition) is 15. The lowest BCUT2D eigenvalue weighted by Crippen LogP contribution is -2.29. The number of hydrogen-bond donors (Lipinski definition) is 4. The first-order valence-electron chi connectivity index (χ1n) is 31.5. The van der Waals surface area contributed by atoms with E-state index in [0.29, 0.717) is 108 Å². The van der Waals surface area contributed by atoms with Crippen LogP contribution in [0.5, 0.6) is 23.0 Å². The van der Waals surface area contributed by atoms with E-state index in [2.05, 4.69) is 9.97 Å². The number of pyridine rings is 4. The van der Waals surface area contributed by atoms with Crippen LogP contribution in [0, 0.1) is 25.7 Å². The van der Waals surface area contributed by atoms with Gasteiger partial charge in [-0.1, -0.05) is 108 Å². The second kappa shape index (κ2) is 31.2. The van der Waals surface area contributed by atoms with Gasteiger partial charge in [-0.2, -0.15) is 0 Å². The van der Waals surface area contributed by atoms with Crippen molar-refractivity contribution in [3.05, 3.63) is 231 Å². The number of nitrogen functional groups attached to an aromatic ring is 3. The normalized spacial score (nSPS) is 13.1.